The van der Waals surface area contributed by atoms with Crippen molar-refractivity contribution in [2.24, 2.45) is 17.6 Å². The molecule has 0 unspecified atom stereocenters. The number of fused-ring (bicyclic) bond motifs is 6. The van der Waals surface area contributed by atoms with Crippen molar-refractivity contribution >= 4 is 11.9 Å². The number of benzene rings is 2. The molecule has 6 N–H and O–H groups in total. The monoisotopic (exact) mass is 789 g/mol. The fourth-order valence-corrected chi connectivity index (χ4v) is 9.49. The summed E-state index contributed by atoms with van der Waals surface area (Å²) in [5, 5.41) is 34.9. The summed E-state index contributed by atoms with van der Waals surface area (Å²) in [7, 11) is 0. The summed E-state index contributed by atoms with van der Waals surface area (Å²) in [5.41, 5.74) is 10.4. The number of nitrogens with two attached hydrogens (primary N) is 1. The van der Waals surface area contributed by atoms with Gasteiger partial charge in [0.25, 0.3) is 5.91 Å². The number of carbonyl (C=O) groups is 2. The third-order valence-corrected chi connectivity index (χ3v) is 12.3. The Labute approximate surface area is 342 Å². The largest absolute Gasteiger partial charge is 0.507 e. The zero-order valence-corrected chi connectivity index (χ0v) is 36.6. The van der Waals surface area contributed by atoms with Crippen LogP contribution in [0, 0.1) is 11.8 Å². The minimum Gasteiger partial charge on any atom is -0.507 e. The lowest BCUT2D eigenvalue weighted by Crippen LogP contribution is -2.45. The average molecular weight is 789 g/mol. The molecule has 0 saturated heterocycles. The van der Waals surface area contributed by atoms with E-state index < -0.39 is 5.97 Å². The van der Waals surface area contributed by atoms with Crippen LogP contribution in [0.3, 0.4) is 0 Å². The number of nitrogens with one attached hydrogen (secondary N) is 1. The Morgan fingerprint density at radius 1 is 0.737 bits per heavy atom. The van der Waals surface area contributed by atoms with E-state index in [9.17, 15) is 24.9 Å². The van der Waals surface area contributed by atoms with E-state index in [1.54, 1.807) is 0 Å². The van der Waals surface area contributed by atoms with Crippen LogP contribution in [0.5, 0.6) is 23.0 Å². The molecule has 4 atom stereocenters. The molecule has 2 aliphatic heterocycles. The van der Waals surface area contributed by atoms with Gasteiger partial charge in [0, 0.05) is 41.3 Å². The number of rotatable bonds is 11. The summed E-state index contributed by atoms with van der Waals surface area (Å²) in [6.45, 7) is 22.1. The number of carboxylic acid groups (broad SMARTS) is 1. The standard InChI is InChI=1S/C24H35NO3.C22H30O4.C2H7N/c1-6-8-9-10-16-14-19-21(22(26)20(16)23(27)25-7-2)17-13-15(3)11-12-18(17)24(4,5)28-19;1-5-6-7-8-14-12-17-19(20(23)18(14)21(24)25)15-11-13(2)9-10-16(15)22(3,4)26-17;1-2-3/h13-14,17-18,26H,6-12H2,1-5H3,(H,25,27);11-12,15-16,23H,5-10H2,1-4H3,(H,24,25);2-3H2,1H3/t17-,18-;15-,16-;/m11./s1. The van der Waals surface area contributed by atoms with Gasteiger partial charge in [0.2, 0.25) is 0 Å². The first-order chi connectivity index (χ1) is 27.0. The predicted molar refractivity (Wildman–Crippen MR) is 230 cm³/mol. The quantitative estimate of drug-likeness (QED) is 0.111. The molecule has 2 aromatic carbocycles. The number of ether oxygens (including phenoxy) is 2. The molecule has 1 amide bonds. The summed E-state index contributed by atoms with van der Waals surface area (Å²) in [6, 6.07) is 3.88. The van der Waals surface area contributed by atoms with E-state index in [2.05, 4.69) is 72.9 Å². The number of phenols is 2. The van der Waals surface area contributed by atoms with Gasteiger partial charge in [0.05, 0.1) is 5.56 Å². The first-order valence-electron chi connectivity index (χ1n) is 21.7. The molecule has 57 heavy (non-hydrogen) atoms. The van der Waals surface area contributed by atoms with Gasteiger partial charge in [-0.15, -0.1) is 0 Å². The first kappa shape index (κ1) is 45.7. The van der Waals surface area contributed by atoms with Gasteiger partial charge in [0.15, 0.2) is 0 Å². The van der Waals surface area contributed by atoms with Crippen LogP contribution in [0.25, 0.3) is 0 Å². The van der Waals surface area contributed by atoms with Gasteiger partial charge in [-0.25, -0.2) is 4.79 Å². The number of allylic oxidation sites excluding steroid dienone is 4. The highest BCUT2D eigenvalue weighted by Gasteiger charge is 2.47. The number of carboxylic acids is 1. The smallest absolute Gasteiger partial charge is 0.339 e. The Balaban J connectivity index is 0.000000237. The molecule has 2 aromatic rings. The Hall–Kier alpha value is -3.98. The molecule has 9 nitrogen and oxygen atoms in total. The number of carbonyl (C=O) groups excluding carboxylic acids is 1. The molecule has 2 aliphatic carbocycles. The van der Waals surface area contributed by atoms with E-state index in [0.717, 1.165) is 94.1 Å². The summed E-state index contributed by atoms with van der Waals surface area (Å²) >= 11 is 0. The fourth-order valence-electron chi connectivity index (χ4n) is 9.49. The van der Waals surface area contributed by atoms with Crippen LogP contribution >= 0.6 is 0 Å². The molecule has 0 fully saturated rings. The van der Waals surface area contributed by atoms with Crippen molar-refractivity contribution in [3.63, 3.8) is 0 Å². The lowest BCUT2D eigenvalue weighted by Gasteiger charge is -2.46. The Morgan fingerprint density at radius 2 is 1.14 bits per heavy atom. The Kier molecular flexibility index (Phi) is 15.8. The van der Waals surface area contributed by atoms with E-state index in [1.807, 2.05) is 26.0 Å². The summed E-state index contributed by atoms with van der Waals surface area (Å²) in [6.07, 6.45) is 16.2. The molecular formula is C48H72N2O7. The van der Waals surface area contributed by atoms with Gasteiger partial charge >= 0.3 is 5.97 Å². The zero-order chi connectivity index (χ0) is 42.2. The number of aryl methyl sites for hydroxylation is 2. The summed E-state index contributed by atoms with van der Waals surface area (Å²) < 4.78 is 12.7. The van der Waals surface area contributed by atoms with E-state index in [-0.39, 0.29) is 51.9 Å². The third kappa shape index (κ3) is 10.2. The minimum absolute atomic E-state index is 0.00490. The SMILES string of the molecule is CCCCCc1cc2c(c(O)c1C(=O)NCC)[C@@H]1C=C(C)CC[C@H]1C(C)(C)O2.CCCCCc1cc2c(c(O)c1C(=O)O)[C@@H]1C=C(C)CC[C@H]1C(C)(C)O2.CCN. The van der Waals surface area contributed by atoms with E-state index in [1.165, 1.54) is 11.1 Å². The van der Waals surface area contributed by atoms with Crippen molar-refractivity contribution < 1.29 is 34.4 Å². The Morgan fingerprint density at radius 3 is 1.53 bits per heavy atom. The molecule has 0 aromatic heterocycles. The molecule has 6 rings (SSSR count). The highest BCUT2D eigenvalue weighted by Crippen LogP contribution is 2.56. The molecule has 4 aliphatic rings. The fraction of sp³-hybridized carbons (Fsp3) is 0.625. The van der Waals surface area contributed by atoms with Crippen molar-refractivity contribution in [2.75, 3.05) is 13.1 Å². The molecule has 316 valence electrons. The average Bonchev–Trinajstić information content (AvgIpc) is 3.11. The molecule has 0 radical (unpaired) electrons. The number of aromatic hydroxyl groups is 2. The molecule has 0 spiro atoms. The van der Waals surface area contributed by atoms with Crippen molar-refractivity contribution in [3.05, 3.63) is 68.8 Å². The number of aromatic carboxylic acids is 1. The van der Waals surface area contributed by atoms with E-state index in [4.69, 9.17) is 15.2 Å². The van der Waals surface area contributed by atoms with Crippen LogP contribution in [0.2, 0.25) is 0 Å². The summed E-state index contributed by atoms with van der Waals surface area (Å²) in [4.78, 5) is 24.7. The van der Waals surface area contributed by atoms with Crippen LogP contribution in [-0.2, 0) is 12.8 Å². The minimum atomic E-state index is -1.06. The van der Waals surface area contributed by atoms with Crippen molar-refractivity contribution in [1.82, 2.24) is 5.32 Å². The second-order valence-electron chi connectivity index (χ2n) is 17.6. The van der Waals surface area contributed by atoms with Gasteiger partial charge in [0.1, 0.15) is 39.8 Å². The van der Waals surface area contributed by atoms with Gasteiger partial charge in [-0.2, -0.15) is 0 Å². The lowest BCUT2D eigenvalue weighted by molar-refractivity contribution is 0.0103. The predicted octanol–water partition coefficient (Wildman–Crippen LogP) is 10.9. The number of amides is 1. The van der Waals surface area contributed by atoms with Crippen molar-refractivity contribution in [2.45, 2.75) is 169 Å². The summed E-state index contributed by atoms with van der Waals surface area (Å²) in [5.74, 6) is 0.784. The van der Waals surface area contributed by atoms with Crippen LogP contribution in [0.4, 0.5) is 0 Å². The second-order valence-corrected chi connectivity index (χ2v) is 17.6. The maximum Gasteiger partial charge on any atom is 0.339 e. The highest BCUT2D eigenvalue weighted by molar-refractivity contribution is 5.99. The number of hydrogen-bond acceptors (Lipinski definition) is 7. The van der Waals surface area contributed by atoms with Gasteiger partial charge < -0.3 is 35.8 Å². The molecular weight excluding hydrogens is 717 g/mol. The number of hydrogen-bond donors (Lipinski definition) is 5. The normalized spacial score (nSPS) is 22.1. The topological polar surface area (TPSA) is 151 Å². The van der Waals surface area contributed by atoms with E-state index >= 15 is 0 Å². The van der Waals surface area contributed by atoms with Gasteiger partial charge in [-0.1, -0.05) is 69.8 Å². The van der Waals surface area contributed by atoms with Gasteiger partial charge in [-0.05, 0) is 130 Å². The Bertz CT molecular complexity index is 1810. The lowest BCUT2D eigenvalue weighted by atomic mass is 9.67. The van der Waals surface area contributed by atoms with Crippen LogP contribution in [0.1, 0.15) is 188 Å². The highest BCUT2D eigenvalue weighted by atomic mass is 16.5. The number of phenolic OH excluding ortho intramolecular Hbond substituents is 1. The van der Waals surface area contributed by atoms with Crippen molar-refractivity contribution in [1.29, 1.82) is 0 Å². The van der Waals surface area contributed by atoms with Crippen LogP contribution in [-0.4, -0.2) is 51.5 Å². The third-order valence-electron chi connectivity index (χ3n) is 12.3. The molecule has 9 heteroatoms. The first-order valence-corrected chi connectivity index (χ1v) is 21.7. The molecule has 0 saturated carbocycles. The van der Waals surface area contributed by atoms with Crippen molar-refractivity contribution in [3.8, 4) is 23.0 Å². The maximum absolute atomic E-state index is 12.8. The molecule has 2 heterocycles. The van der Waals surface area contributed by atoms with E-state index in [0.29, 0.717) is 41.3 Å². The van der Waals surface area contributed by atoms with Crippen LogP contribution in [0.15, 0.2) is 35.4 Å². The number of unbranched alkanes of at least 4 members (excludes halogenated alkanes) is 4. The second kappa shape index (κ2) is 19.6. The zero-order valence-electron chi connectivity index (χ0n) is 36.6. The molecule has 0 bridgehead atoms. The maximum atomic E-state index is 12.8. The van der Waals surface area contributed by atoms with Crippen LogP contribution < -0.4 is 20.5 Å². The van der Waals surface area contributed by atoms with Gasteiger partial charge in [-0.3, -0.25) is 4.79 Å².